The highest BCUT2D eigenvalue weighted by atomic mass is 16.5. The Labute approximate surface area is 185 Å². The van der Waals surface area contributed by atoms with Gasteiger partial charge in [-0.1, -0.05) is 48.5 Å². The van der Waals surface area contributed by atoms with Crippen molar-refractivity contribution in [3.8, 4) is 11.1 Å². The molecule has 3 N–H and O–H groups in total. The maximum absolute atomic E-state index is 12.3. The number of carboxylic acid groups (broad SMARTS) is 1. The summed E-state index contributed by atoms with van der Waals surface area (Å²) in [5.41, 5.74) is 4.51. The van der Waals surface area contributed by atoms with Crippen LogP contribution in [0.3, 0.4) is 0 Å². The minimum Gasteiger partial charge on any atom is -0.479 e. The average Bonchev–Trinajstić information content (AvgIpc) is 3.39. The average molecular weight is 438 g/mol. The van der Waals surface area contributed by atoms with Gasteiger partial charge < -0.3 is 25.2 Å². The van der Waals surface area contributed by atoms with Crippen molar-refractivity contribution in [1.29, 1.82) is 0 Å². The van der Waals surface area contributed by atoms with Crippen LogP contribution in [0.15, 0.2) is 48.5 Å². The van der Waals surface area contributed by atoms with E-state index in [0.717, 1.165) is 22.3 Å². The molecule has 1 aliphatic heterocycles. The lowest BCUT2D eigenvalue weighted by Gasteiger charge is -2.18. The normalized spacial score (nSPS) is 20.2. The van der Waals surface area contributed by atoms with Crippen LogP contribution < -0.4 is 10.6 Å². The van der Waals surface area contributed by atoms with E-state index < -0.39 is 24.2 Å². The zero-order chi connectivity index (χ0) is 22.7. The molecule has 1 saturated heterocycles. The molecule has 8 nitrogen and oxygen atoms in total. The SMILES string of the molecule is CC(NC(=O)OCC1c2ccccc2-c2ccccc21)C(=O)NCC1CCC(C(=O)O)O1. The van der Waals surface area contributed by atoms with Gasteiger partial charge in [0.2, 0.25) is 5.91 Å². The lowest BCUT2D eigenvalue weighted by molar-refractivity contribution is -0.149. The van der Waals surface area contributed by atoms with Crippen molar-refractivity contribution in [1.82, 2.24) is 10.6 Å². The molecule has 8 heteroatoms. The number of carbonyl (C=O) groups excluding carboxylic acids is 2. The Morgan fingerprint density at radius 2 is 1.69 bits per heavy atom. The number of alkyl carbamates (subject to hydrolysis) is 1. The van der Waals surface area contributed by atoms with Crippen LogP contribution in [0, 0.1) is 0 Å². The number of aliphatic carboxylic acids is 1. The van der Waals surface area contributed by atoms with Crippen molar-refractivity contribution >= 4 is 18.0 Å². The molecule has 32 heavy (non-hydrogen) atoms. The van der Waals surface area contributed by atoms with Crippen LogP contribution in [-0.2, 0) is 19.1 Å². The second-order valence-electron chi connectivity index (χ2n) is 8.10. The minimum atomic E-state index is -0.996. The van der Waals surface area contributed by atoms with Gasteiger partial charge in [0.1, 0.15) is 12.6 Å². The third-order valence-corrected chi connectivity index (χ3v) is 5.96. The topological polar surface area (TPSA) is 114 Å². The van der Waals surface area contributed by atoms with E-state index in [9.17, 15) is 14.4 Å². The second-order valence-corrected chi connectivity index (χ2v) is 8.10. The summed E-state index contributed by atoms with van der Waals surface area (Å²) in [6, 6.07) is 15.3. The molecule has 168 valence electrons. The standard InChI is InChI=1S/C24H26N2O6/c1-14(22(27)25-12-15-10-11-21(32-15)23(28)29)26-24(30)31-13-20-18-8-4-2-6-16(18)17-7-3-5-9-19(17)20/h2-9,14-15,20-21H,10-13H2,1H3,(H,25,27)(H,26,30)(H,28,29). The summed E-state index contributed by atoms with van der Waals surface area (Å²) in [5.74, 6) is -1.44. The van der Waals surface area contributed by atoms with Crippen molar-refractivity contribution in [2.45, 2.75) is 43.9 Å². The van der Waals surface area contributed by atoms with Gasteiger partial charge in [-0.3, -0.25) is 4.79 Å². The highest BCUT2D eigenvalue weighted by Gasteiger charge is 2.31. The summed E-state index contributed by atoms with van der Waals surface area (Å²) in [5, 5.41) is 14.2. The number of benzene rings is 2. The van der Waals surface area contributed by atoms with Crippen LogP contribution in [0.5, 0.6) is 0 Å². The molecule has 0 spiro atoms. The molecule has 0 aromatic heterocycles. The van der Waals surface area contributed by atoms with Gasteiger partial charge >= 0.3 is 12.1 Å². The van der Waals surface area contributed by atoms with E-state index in [1.165, 1.54) is 0 Å². The fraction of sp³-hybridized carbons (Fsp3) is 0.375. The zero-order valence-corrected chi connectivity index (χ0v) is 17.7. The van der Waals surface area contributed by atoms with Gasteiger partial charge in [0, 0.05) is 12.5 Å². The first kappa shape index (κ1) is 21.8. The number of hydrogen-bond acceptors (Lipinski definition) is 5. The third kappa shape index (κ3) is 4.60. The first-order chi connectivity index (χ1) is 15.4. The number of fused-ring (bicyclic) bond motifs is 3. The van der Waals surface area contributed by atoms with Crippen LogP contribution in [0.25, 0.3) is 11.1 Å². The van der Waals surface area contributed by atoms with Gasteiger partial charge in [0.15, 0.2) is 6.10 Å². The van der Waals surface area contributed by atoms with E-state index in [-0.39, 0.29) is 31.1 Å². The predicted molar refractivity (Wildman–Crippen MR) is 116 cm³/mol. The van der Waals surface area contributed by atoms with Crippen molar-refractivity contribution in [2.24, 2.45) is 0 Å². The van der Waals surface area contributed by atoms with Gasteiger partial charge in [-0.25, -0.2) is 9.59 Å². The van der Waals surface area contributed by atoms with Crippen molar-refractivity contribution in [3.05, 3.63) is 59.7 Å². The molecule has 0 bridgehead atoms. The van der Waals surface area contributed by atoms with E-state index >= 15 is 0 Å². The van der Waals surface area contributed by atoms with E-state index in [0.29, 0.717) is 12.8 Å². The molecule has 4 rings (SSSR count). The Kier molecular flexibility index (Phi) is 6.41. The van der Waals surface area contributed by atoms with E-state index in [1.54, 1.807) is 6.92 Å². The largest absolute Gasteiger partial charge is 0.479 e. The Hall–Kier alpha value is -3.39. The summed E-state index contributed by atoms with van der Waals surface area (Å²) in [7, 11) is 0. The number of rotatable bonds is 7. The van der Waals surface area contributed by atoms with E-state index in [2.05, 4.69) is 22.8 Å². The highest BCUT2D eigenvalue weighted by Crippen LogP contribution is 2.44. The van der Waals surface area contributed by atoms with E-state index in [4.69, 9.17) is 14.6 Å². The number of ether oxygens (including phenoxy) is 2. The molecule has 2 amide bonds. The smallest absolute Gasteiger partial charge is 0.407 e. The van der Waals surface area contributed by atoms with Gasteiger partial charge in [-0.15, -0.1) is 0 Å². The number of nitrogens with one attached hydrogen (secondary N) is 2. The molecule has 3 atom stereocenters. The molecule has 1 heterocycles. The van der Waals surface area contributed by atoms with Gasteiger partial charge in [-0.2, -0.15) is 0 Å². The lowest BCUT2D eigenvalue weighted by Crippen LogP contribution is -2.47. The quantitative estimate of drug-likeness (QED) is 0.612. The number of amides is 2. The molecular weight excluding hydrogens is 412 g/mol. The summed E-state index contributed by atoms with van der Waals surface area (Å²) >= 11 is 0. The van der Waals surface area contributed by atoms with Crippen molar-refractivity contribution in [2.75, 3.05) is 13.2 Å². The second kappa shape index (κ2) is 9.40. The van der Waals surface area contributed by atoms with Crippen LogP contribution in [0.1, 0.15) is 36.8 Å². The Bertz CT molecular complexity index is 978. The molecule has 0 radical (unpaired) electrons. The first-order valence-electron chi connectivity index (χ1n) is 10.7. The number of carbonyl (C=O) groups is 3. The molecular formula is C24H26N2O6. The summed E-state index contributed by atoms with van der Waals surface area (Å²) in [6.07, 6.45) is -0.859. The van der Waals surface area contributed by atoms with Gasteiger partial charge in [0.25, 0.3) is 0 Å². The summed E-state index contributed by atoms with van der Waals surface area (Å²) in [6.45, 7) is 1.92. The zero-order valence-electron chi connectivity index (χ0n) is 17.7. The molecule has 2 aliphatic rings. The van der Waals surface area contributed by atoms with Crippen LogP contribution in [-0.4, -0.2) is 54.5 Å². The molecule has 2 aromatic rings. The van der Waals surface area contributed by atoms with E-state index in [1.807, 2.05) is 36.4 Å². The van der Waals surface area contributed by atoms with Crippen LogP contribution >= 0.6 is 0 Å². The molecule has 1 aliphatic carbocycles. The minimum absolute atomic E-state index is 0.0565. The van der Waals surface area contributed by atoms with Crippen molar-refractivity contribution < 1.29 is 29.0 Å². The number of carboxylic acids is 1. The Morgan fingerprint density at radius 1 is 1.06 bits per heavy atom. The Balaban J connectivity index is 1.26. The number of hydrogen-bond donors (Lipinski definition) is 3. The monoisotopic (exact) mass is 438 g/mol. The molecule has 0 saturated carbocycles. The molecule has 2 aromatic carbocycles. The lowest BCUT2D eigenvalue weighted by atomic mass is 9.98. The summed E-state index contributed by atoms with van der Waals surface area (Å²) in [4.78, 5) is 35.5. The third-order valence-electron chi connectivity index (χ3n) is 5.96. The molecule has 1 fully saturated rings. The fourth-order valence-corrected chi connectivity index (χ4v) is 4.29. The maximum Gasteiger partial charge on any atom is 0.407 e. The predicted octanol–water partition coefficient (Wildman–Crippen LogP) is 2.66. The van der Waals surface area contributed by atoms with Gasteiger partial charge in [0.05, 0.1) is 6.10 Å². The maximum atomic E-state index is 12.3. The van der Waals surface area contributed by atoms with Crippen LogP contribution in [0.4, 0.5) is 4.79 Å². The van der Waals surface area contributed by atoms with Gasteiger partial charge in [-0.05, 0) is 42.0 Å². The first-order valence-corrected chi connectivity index (χ1v) is 10.7. The summed E-state index contributed by atoms with van der Waals surface area (Å²) < 4.78 is 10.8. The fourth-order valence-electron chi connectivity index (χ4n) is 4.29. The Morgan fingerprint density at radius 3 is 2.28 bits per heavy atom. The van der Waals surface area contributed by atoms with Crippen molar-refractivity contribution in [3.63, 3.8) is 0 Å². The highest BCUT2D eigenvalue weighted by molar-refractivity contribution is 5.85. The van der Waals surface area contributed by atoms with Crippen LogP contribution in [0.2, 0.25) is 0 Å². The molecule has 3 unspecified atom stereocenters.